The van der Waals surface area contributed by atoms with Crippen molar-refractivity contribution >= 4 is 42.0 Å². The maximum Gasteiger partial charge on any atom is 0.410 e. The molecule has 2 aliphatic rings. The lowest BCUT2D eigenvalue weighted by Crippen LogP contribution is -2.45. The summed E-state index contributed by atoms with van der Waals surface area (Å²) in [4.78, 5) is 50.0. The number of hydrogen-bond donors (Lipinski definition) is 5. The highest BCUT2D eigenvalue weighted by molar-refractivity contribution is 6.00. The van der Waals surface area contributed by atoms with Crippen molar-refractivity contribution in [3.05, 3.63) is 166 Å². The van der Waals surface area contributed by atoms with Crippen LogP contribution in [0.5, 0.6) is 0 Å². The molecule has 2 unspecified atom stereocenters. The number of nitriles is 2. The molecule has 14 nitrogen and oxygen atoms in total. The minimum Gasteiger partial charge on any atom is -0.444 e. The summed E-state index contributed by atoms with van der Waals surface area (Å²) < 4.78 is 32.7. The van der Waals surface area contributed by atoms with Gasteiger partial charge in [0.25, 0.3) is 11.8 Å². The Balaban J connectivity index is 0.000000242. The summed E-state index contributed by atoms with van der Waals surface area (Å²) in [7, 11) is 0. The summed E-state index contributed by atoms with van der Waals surface area (Å²) in [5.41, 5.74) is 5.34. The number of anilines is 2. The average Bonchev–Trinajstić information content (AvgIpc) is 4.10. The fraction of sp³-hybridized carbons (Fsp3) is 0.316. The number of amides is 3. The van der Waals surface area contributed by atoms with Crippen LogP contribution in [-0.4, -0.2) is 89.7 Å². The number of nitrogens with one attached hydrogen (secondary N) is 5. The highest BCUT2D eigenvalue weighted by Crippen LogP contribution is 2.28. The number of hydrogen-bond acceptors (Lipinski definition) is 11. The Morgan fingerprint density at radius 3 is 1.68 bits per heavy atom. The highest BCUT2D eigenvalue weighted by Gasteiger charge is 2.32. The molecule has 0 saturated carbocycles. The minimum atomic E-state index is -0.600. The summed E-state index contributed by atoms with van der Waals surface area (Å²) >= 11 is 0. The number of rotatable bonds is 16. The fourth-order valence-corrected chi connectivity index (χ4v) is 8.65. The van der Waals surface area contributed by atoms with Gasteiger partial charge in [0.2, 0.25) is 0 Å². The Morgan fingerprint density at radius 2 is 1.20 bits per heavy atom. The van der Waals surface area contributed by atoms with E-state index in [2.05, 4.69) is 43.7 Å². The van der Waals surface area contributed by atoms with Crippen molar-refractivity contribution in [2.45, 2.75) is 77.0 Å². The Morgan fingerprint density at radius 1 is 0.689 bits per heavy atom. The molecule has 0 radical (unpaired) electrons. The van der Waals surface area contributed by atoms with E-state index in [9.17, 15) is 33.7 Å². The highest BCUT2D eigenvalue weighted by atomic mass is 35.5. The van der Waals surface area contributed by atoms with E-state index >= 15 is 0 Å². The number of carbonyl (C=O) groups excluding carboxylic acids is 3. The molecule has 5 N–H and O–H groups in total. The Bertz CT molecular complexity index is 2990. The lowest BCUT2D eigenvalue weighted by Gasteiger charge is -2.28. The molecule has 2 saturated heterocycles. The van der Waals surface area contributed by atoms with E-state index in [1.54, 1.807) is 65.6 Å². The second-order valence-electron chi connectivity index (χ2n) is 18.8. The van der Waals surface area contributed by atoms with E-state index in [4.69, 9.17) is 9.72 Å². The normalized spacial score (nSPS) is 14.8. The third kappa shape index (κ3) is 15.5. The van der Waals surface area contributed by atoms with Crippen molar-refractivity contribution in [2.75, 3.05) is 49.9 Å². The molecule has 74 heavy (non-hydrogen) atoms. The standard InChI is InChI=1S/C31H34FN5O3.C26H26FN5O.ClH/c1-31(2,3)40-30(39)37-17-7-11-24(37)20-35-29(38)26-13-14-27(25-12-5-4-9-22(25)19-33)36-28(26)34-16-15-21-8-6-10-23(32)18-21;27-20-7-3-5-18(15-20)12-14-30-25-23(26(33)31-17-21-8-4-13-29-21)10-11-24(32-25)22-9-2-1-6-19(22)16-28;/h4-6,8-10,12-14,18,24H,7,11,15-17,20H2,1-3H3,(H,34,36)(H,35,38);1-3,5-7,9-11,15,21,29H,4,8,12-14,17H2,(H,30,32)(H,31,33);1H. The van der Waals surface area contributed by atoms with Crippen molar-refractivity contribution in [3.63, 3.8) is 0 Å². The number of aromatic nitrogens is 2. The SMILES string of the molecule is CC(C)(C)OC(=O)N1CCCC1CNC(=O)c1ccc(-c2ccccc2C#N)nc1NCCc1cccc(F)c1.Cl.N#Cc1ccccc1-c1ccc(C(=O)NCC2CCCN2)c(NCCc2cccc(F)c2)n1. The number of likely N-dealkylation sites (tertiary alicyclic amines) is 1. The second kappa shape index (κ2) is 26.7. The topological polar surface area (TPSA) is 197 Å². The Labute approximate surface area is 437 Å². The molecule has 4 heterocycles. The largest absolute Gasteiger partial charge is 0.444 e. The van der Waals surface area contributed by atoms with Crippen LogP contribution in [0.1, 0.15) is 89.4 Å². The third-order valence-electron chi connectivity index (χ3n) is 12.3. The van der Waals surface area contributed by atoms with Crippen molar-refractivity contribution in [3.8, 4) is 34.7 Å². The zero-order valence-corrected chi connectivity index (χ0v) is 42.5. The Kier molecular flexibility index (Phi) is 20.0. The zero-order chi connectivity index (χ0) is 51.7. The van der Waals surface area contributed by atoms with Gasteiger partial charge in [-0.2, -0.15) is 10.5 Å². The lowest BCUT2D eigenvalue weighted by molar-refractivity contribution is 0.0225. The number of pyridine rings is 2. The fourth-order valence-electron chi connectivity index (χ4n) is 8.65. The summed E-state index contributed by atoms with van der Waals surface area (Å²) in [5, 5.41) is 34.8. The summed E-state index contributed by atoms with van der Waals surface area (Å²) in [5.74, 6) is -0.330. The first kappa shape index (κ1) is 55.4. The molecule has 0 aliphatic carbocycles. The van der Waals surface area contributed by atoms with Crippen LogP contribution >= 0.6 is 12.4 Å². The van der Waals surface area contributed by atoms with Crippen LogP contribution < -0.4 is 26.6 Å². The average molecular weight is 1020 g/mol. The molecule has 17 heteroatoms. The van der Waals surface area contributed by atoms with Gasteiger partial charge in [0.15, 0.2) is 0 Å². The van der Waals surface area contributed by atoms with E-state index in [0.717, 1.165) is 43.4 Å². The van der Waals surface area contributed by atoms with E-state index in [0.29, 0.717) is 95.4 Å². The van der Waals surface area contributed by atoms with Gasteiger partial charge in [0.1, 0.15) is 28.9 Å². The van der Waals surface area contributed by atoms with Gasteiger partial charge in [-0.3, -0.25) is 9.59 Å². The van der Waals surface area contributed by atoms with Gasteiger partial charge in [-0.15, -0.1) is 12.4 Å². The number of benzene rings is 4. The molecule has 2 aliphatic heterocycles. The van der Waals surface area contributed by atoms with E-state index in [-0.39, 0.29) is 60.6 Å². The van der Waals surface area contributed by atoms with E-state index in [1.165, 1.54) is 24.3 Å². The molecule has 6 aromatic rings. The quantitative estimate of drug-likeness (QED) is 0.0619. The molecular weight excluding hydrogens is 962 g/mol. The van der Waals surface area contributed by atoms with Crippen molar-refractivity contribution in [2.24, 2.45) is 0 Å². The molecule has 8 rings (SSSR count). The third-order valence-corrected chi connectivity index (χ3v) is 12.3. The van der Waals surface area contributed by atoms with Crippen LogP contribution in [0.15, 0.2) is 121 Å². The number of halogens is 3. The summed E-state index contributed by atoms with van der Waals surface area (Å²) in [6, 6.07) is 38.6. The van der Waals surface area contributed by atoms with Crippen LogP contribution in [0.2, 0.25) is 0 Å². The molecule has 2 aromatic heterocycles. The molecule has 2 atom stereocenters. The molecule has 0 bridgehead atoms. The van der Waals surface area contributed by atoms with Crippen LogP contribution in [0.4, 0.5) is 25.2 Å². The van der Waals surface area contributed by atoms with Crippen molar-refractivity contribution in [1.29, 1.82) is 10.5 Å². The van der Waals surface area contributed by atoms with Gasteiger partial charge in [-0.1, -0.05) is 60.7 Å². The Hall–Kier alpha value is -7.92. The predicted molar refractivity (Wildman–Crippen MR) is 285 cm³/mol. The van der Waals surface area contributed by atoms with Gasteiger partial charge in [-0.25, -0.2) is 23.5 Å². The smallest absolute Gasteiger partial charge is 0.410 e. The molecule has 2 fully saturated rings. The van der Waals surface area contributed by atoms with Crippen LogP contribution in [0, 0.1) is 34.3 Å². The maximum absolute atomic E-state index is 13.6. The first-order valence-electron chi connectivity index (χ1n) is 24.6. The maximum atomic E-state index is 13.6. The summed E-state index contributed by atoms with van der Waals surface area (Å²) in [6.45, 7) is 8.75. The van der Waals surface area contributed by atoms with Gasteiger partial charge >= 0.3 is 6.09 Å². The first-order valence-corrected chi connectivity index (χ1v) is 24.6. The van der Waals surface area contributed by atoms with Crippen LogP contribution in [0.25, 0.3) is 22.5 Å². The van der Waals surface area contributed by atoms with Gasteiger partial charge in [0.05, 0.1) is 51.8 Å². The first-order chi connectivity index (χ1) is 35.3. The molecule has 3 amide bonds. The monoisotopic (exact) mass is 1020 g/mol. The molecular formula is C57H61ClF2N10O4. The van der Waals surface area contributed by atoms with E-state index in [1.807, 2.05) is 57.2 Å². The predicted octanol–water partition coefficient (Wildman–Crippen LogP) is 9.86. The minimum absolute atomic E-state index is 0. The van der Waals surface area contributed by atoms with Gasteiger partial charge < -0.3 is 36.2 Å². The summed E-state index contributed by atoms with van der Waals surface area (Å²) in [6.07, 6.45) is 4.47. The van der Waals surface area contributed by atoms with Crippen LogP contribution in [-0.2, 0) is 17.6 Å². The van der Waals surface area contributed by atoms with Gasteiger partial charge in [0, 0.05) is 49.9 Å². The van der Waals surface area contributed by atoms with Crippen LogP contribution in [0.3, 0.4) is 0 Å². The lowest BCUT2D eigenvalue weighted by atomic mass is 10.0. The molecule has 384 valence electrons. The van der Waals surface area contributed by atoms with Crippen molar-refractivity contribution in [1.82, 2.24) is 30.8 Å². The number of carbonyl (C=O) groups is 3. The number of ether oxygens (including phenoxy) is 1. The molecule has 4 aromatic carbocycles. The van der Waals surface area contributed by atoms with Gasteiger partial charge in [-0.05, 0) is 138 Å². The molecule has 0 spiro atoms. The van der Waals surface area contributed by atoms with Crippen molar-refractivity contribution < 1.29 is 27.9 Å². The van der Waals surface area contributed by atoms with E-state index < -0.39 is 5.60 Å². The second-order valence-corrected chi connectivity index (χ2v) is 18.8. The number of nitrogens with zero attached hydrogens (tertiary/aromatic N) is 5. The zero-order valence-electron chi connectivity index (χ0n) is 41.7.